The smallest absolute Gasteiger partial charge is 0.417 e. The van der Waals surface area contributed by atoms with Gasteiger partial charge in [0.25, 0.3) is 0 Å². The summed E-state index contributed by atoms with van der Waals surface area (Å²) in [6.07, 6.45) is -3.06. The van der Waals surface area contributed by atoms with Gasteiger partial charge in [-0.1, -0.05) is 18.2 Å². The molecule has 94 valence electrons. The summed E-state index contributed by atoms with van der Waals surface area (Å²) in [6.45, 7) is 1.70. The lowest BCUT2D eigenvalue weighted by Gasteiger charge is -2.13. The van der Waals surface area contributed by atoms with Crippen LogP contribution < -0.4 is 0 Å². The van der Waals surface area contributed by atoms with Gasteiger partial charge in [-0.2, -0.15) is 13.2 Å². The lowest BCUT2D eigenvalue weighted by atomic mass is 10.0. The van der Waals surface area contributed by atoms with Crippen molar-refractivity contribution in [1.82, 2.24) is 4.98 Å². The molecule has 0 saturated heterocycles. The fourth-order valence-electron chi connectivity index (χ4n) is 1.70. The topological polar surface area (TPSA) is 33.1 Å². The first-order valence-corrected chi connectivity index (χ1v) is 5.22. The van der Waals surface area contributed by atoms with Crippen LogP contribution >= 0.6 is 0 Å². The molecule has 0 atom stereocenters. The molecule has 0 radical (unpaired) electrons. The third-order valence-corrected chi connectivity index (χ3v) is 2.49. The van der Waals surface area contributed by atoms with Crippen LogP contribution in [0.1, 0.15) is 11.1 Å². The quantitative estimate of drug-likeness (QED) is 0.838. The van der Waals surface area contributed by atoms with Gasteiger partial charge in [0, 0.05) is 11.8 Å². The summed E-state index contributed by atoms with van der Waals surface area (Å²) in [6, 6.07) is 6.43. The molecule has 0 amide bonds. The van der Waals surface area contributed by atoms with Crippen LogP contribution in [0.5, 0.6) is 5.75 Å². The monoisotopic (exact) mass is 253 g/mol. The number of nitrogens with zero attached hydrogens (tertiary/aromatic N) is 1. The molecule has 1 aromatic heterocycles. The van der Waals surface area contributed by atoms with Gasteiger partial charge >= 0.3 is 6.18 Å². The van der Waals surface area contributed by atoms with Crippen LogP contribution in [-0.4, -0.2) is 10.1 Å². The largest absolute Gasteiger partial charge is 0.506 e. The fourth-order valence-corrected chi connectivity index (χ4v) is 1.70. The summed E-state index contributed by atoms with van der Waals surface area (Å²) in [7, 11) is 0. The molecular weight excluding hydrogens is 243 g/mol. The molecule has 0 unspecified atom stereocenters. The summed E-state index contributed by atoms with van der Waals surface area (Å²) in [5.41, 5.74) is -0.312. The van der Waals surface area contributed by atoms with E-state index in [0.29, 0.717) is 5.56 Å². The number of alkyl halides is 3. The van der Waals surface area contributed by atoms with Gasteiger partial charge in [0.05, 0.1) is 5.56 Å². The highest BCUT2D eigenvalue weighted by Crippen LogP contribution is 2.38. The standard InChI is InChI=1S/C13H10F3NO/c1-8-6-11(18)12(17-7-8)9-4-2-3-5-10(9)13(14,15)16/h2-7,18H,1H3. The van der Waals surface area contributed by atoms with Gasteiger partial charge < -0.3 is 5.11 Å². The van der Waals surface area contributed by atoms with E-state index in [1.165, 1.54) is 30.5 Å². The summed E-state index contributed by atoms with van der Waals surface area (Å²) in [4.78, 5) is 3.87. The molecule has 0 fully saturated rings. The van der Waals surface area contributed by atoms with E-state index in [-0.39, 0.29) is 17.0 Å². The number of aryl methyl sites for hydroxylation is 1. The summed E-state index contributed by atoms with van der Waals surface area (Å²) >= 11 is 0. The minimum Gasteiger partial charge on any atom is -0.506 e. The molecular formula is C13H10F3NO. The Morgan fingerprint density at radius 3 is 2.44 bits per heavy atom. The van der Waals surface area contributed by atoms with E-state index in [9.17, 15) is 18.3 Å². The minimum atomic E-state index is -4.48. The van der Waals surface area contributed by atoms with Gasteiger partial charge in [0.15, 0.2) is 0 Å². The molecule has 1 aromatic carbocycles. The Bertz CT molecular complexity index is 579. The van der Waals surface area contributed by atoms with Crippen molar-refractivity contribution in [2.24, 2.45) is 0 Å². The van der Waals surface area contributed by atoms with E-state index in [0.717, 1.165) is 6.07 Å². The SMILES string of the molecule is Cc1cnc(-c2ccccc2C(F)(F)F)c(O)c1. The zero-order valence-electron chi connectivity index (χ0n) is 9.49. The molecule has 18 heavy (non-hydrogen) atoms. The van der Waals surface area contributed by atoms with Gasteiger partial charge in [-0.3, -0.25) is 4.98 Å². The lowest BCUT2D eigenvalue weighted by Crippen LogP contribution is -2.07. The number of aromatic hydroxyl groups is 1. The number of halogens is 3. The second-order valence-corrected chi connectivity index (χ2v) is 3.92. The molecule has 2 nitrogen and oxygen atoms in total. The minimum absolute atomic E-state index is 0.0616. The highest BCUT2D eigenvalue weighted by atomic mass is 19.4. The van der Waals surface area contributed by atoms with Gasteiger partial charge in [-0.05, 0) is 24.6 Å². The maximum atomic E-state index is 12.8. The van der Waals surface area contributed by atoms with Crippen molar-refractivity contribution in [1.29, 1.82) is 0 Å². The molecule has 0 bridgehead atoms. The second-order valence-electron chi connectivity index (χ2n) is 3.92. The van der Waals surface area contributed by atoms with Gasteiger partial charge in [0.2, 0.25) is 0 Å². The average Bonchev–Trinajstić information content (AvgIpc) is 2.28. The first-order chi connectivity index (χ1) is 8.39. The number of benzene rings is 1. The predicted octanol–water partition coefficient (Wildman–Crippen LogP) is 3.78. The third kappa shape index (κ3) is 2.30. The highest BCUT2D eigenvalue weighted by molar-refractivity contribution is 5.70. The van der Waals surface area contributed by atoms with Crippen LogP contribution in [0.25, 0.3) is 11.3 Å². The van der Waals surface area contributed by atoms with Crippen LogP contribution in [0, 0.1) is 6.92 Å². The molecule has 0 aliphatic heterocycles. The Hall–Kier alpha value is -2.04. The molecule has 0 saturated carbocycles. The number of rotatable bonds is 1. The van der Waals surface area contributed by atoms with Crippen molar-refractivity contribution in [3.63, 3.8) is 0 Å². The van der Waals surface area contributed by atoms with Crippen molar-refractivity contribution in [3.05, 3.63) is 47.7 Å². The Morgan fingerprint density at radius 2 is 1.83 bits per heavy atom. The van der Waals surface area contributed by atoms with Crippen molar-refractivity contribution in [3.8, 4) is 17.0 Å². The summed E-state index contributed by atoms with van der Waals surface area (Å²) in [5.74, 6) is -0.258. The Labute approximate surface area is 102 Å². The fraction of sp³-hybridized carbons (Fsp3) is 0.154. The van der Waals surface area contributed by atoms with Crippen LogP contribution in [0.3, 0.4) is 0 Å². The molecule has 2 aromatic rings. The van der Waals surface area contributed by atoms with E-state index in [1.54, 1.807) is 6.92 Å². The van der Waals surface area contributed by atoms with Crippen LogP contribution in [0.4, 0.5) is 13.2 Å². The molecule has 1 N–H and O–H groups in total. The lowest BCUT2D eigenvalue weighted by molar-refractivity contribution is -0.137. The van der Waals surface area contributed by atoms with Crippen molar-refractivity contribution < 1.29 is 18.3 Å². The molecule has 2 rings (SSSR count). The van der Waals surface area contributed by atoms with Crippen LogP contribution in [0.2, 0.25) is 0 Å². The molecule has 0 spiro atoms. The van der Waals surface area contributed by atoms with E-state index in [1.807, 2.05) is 0 Å². The molecule has 0 aliphatic rings. The van der Waals surface area contributed by atoms with Crippen molar-refractivity contribution in [2.75, 3.05) is 0 Å². The van der Waals surface area contributed by atoms with E-state index >= 15 is 0 Å². The number of aromatic nitrogens is 1. The van der Waals surface area contributed by atoms with Gasteiger partial charge in [-0.15, -0.1) is 0 Å². The number of hydrogen-bond acceptors (Lipinski definition) is 2. The highest BCUT2D eigenvalue weighted by Gasteiger charge is 2.34. The maximum Gasteiger partial charge on any atom is 0.417 e. The van der Waals surface area contributed by atoms with Gasteiger partial charge in [-0.25, -0.2) is 0 Å². The Kier molecular flexibility index (Phi) is 2.98. The first-order valence-electron chi connectivity index (χ1n) is 5.22. The predicted molar refractivity (Wildman–Crippen MR) is 61.1 cm³/mol. The Balaban J connectivity index is 2.64. The zero-order chi connectivity index (χ0) is 13.3. The Morgan fingerprint density at radius 1 is 1.17 bits per heavy atom. The van der Waals surface area contributed by atoms with Crippen molar-refractivity contribution >= 4 is 0 Å². The third-order valence-electron chi connectivity index (χ3n) is 2.49. The maximum absolute atomic E-state index is 12.8. The van der Waals surface area contributed by atoms with E-state index in [2.05, 4.69) is 4.98 Å². The van der Waals surface area contributed by atoms with E-state index < -0.39 is 11.7 Å². The molecule has 5 heteroatoms. The summed E-state index contributed by atoms with van der Waals surface area (Å²) in [5, 5.41) is 9.71. The van der Waals surface area contributed by atoms with Crippen LogP contribution in [0.15, 0.2) is 36.5 Å². The normalized spacial score (nSPS) is 11.6. The zero-order valence-corrected chi connectivity index (χ0v) is 9.49. The summed E-state index contributed by atoms with van der Waals surface area (Å²) < 4.78 is 38.5. The molecule has 1 heterocycles. The second kappa shape index (κ2) is 4.33. The van der Waals surface area contributed by atoms with Crippen molar-refractivity contribution in [2.45, 2.75) is 13.1 Å². The molecule has 0 aliphatic carbocycles. The number of hydrogen-bond donors (Lipinski definition) is 1. The average molecular weight is 253 g/mol. The van der Waals surface area contributed by atoms with Gasteiger partial charge in [0.1, 0.15) is 11.4 Å². The number of pyridine rings is 1. The van der Waals surface area contributed by atoms with Crippen LogP contribution in [-0.2, 0) is 6.18 Å². The van der Waals surface area contributed by atoms with E-state index in [4.69, 9.17) is 0 Å². The first kappa shape index (κ1) is 12.4.